The molecular formula is C13H18ClNO2S. The van der Waals surface area contributed by atoms with E-state index in [1.165, 1.54) is 11.8 Å². The lowest BCUT2D eigenvalue weighted by Crippen LogP contribution is -2.28. The molecule has 3 nitrogen and oxygen atoms in total. The van der Waals surface area contributed by atoms with E-state index in [0.29, 0.717) is 18.9 Å². The molecule has 0 saturated heterocycles. The van der Waals surface area contributed by atoms with Crippen LogP contribution in [0.2, 0.25) is 0 Å². The molecule has 1 atom stereocenters. The van der Waals surface area contributed by atoms with Gasteiger partial charge in [-0.2, -0.15) is 0 Å². The minimum absolute atomic E-state index is 0.0325. The van der Waals surface area contributed by atoms with Crippen LogP contribution in [0.5, 0.6) is 0 Å². The topological polar surface area (TPSA) is 38.3 Å². The van der Waals surface area contributed by atoms with Gasteiger partial charge in [0.2, 0.25) is 5.91 Å². The monoisotopic (exact) mass is 287 g/mol. The third-order valence-corrected chi connectivity index (χ3v) is 3.60. The fraction of sp³-hybridized carbons (Fsp3) is 0.462. The summed E-state index contributed by atoms with van der Waals surface area (Å²) < 4.78 is 4.92. The molecule has 0 fully saturated rings. The van der Waals surface area contributed by atoms with E-state index in [-0.39, 0.29) is 11.3 Å². The largest absolute Gasteiger partial charge is 0.383 e. The number of methoxy groups -OCH3 is 1. The van der Waals surface area contributed by atoms with Crippen molar-refractivity contribution in [1.29, 1.82) is 0 Å². The Bertz CT molecular complexity index is 348. The third-order valence-electron chi connectivity index (χ3n) is 2.24. The van der Waals surface area contributed by atoms with Crippen LogP contribution in [0.1, 0.15) is 6.42 Å². The van der Waals surface area contributed by atoms with Crippen molar-refractivity contribution in [2.75, 3.05) is 26.0 Å². The highest BCUT2D eigenvalue weighted by atomic mass is 35.5. The first-order chi connectivity index (χ1) is 8.72. The molecule has 0 spiro atoms. The second kappa shape index (κ2) is 9.25. The van der Waals surface area contributed by atoms with E-state index in [4.69, 9.17) is 16.3 Å². The van der Waals surface area contributed by atoms with Crippen LogP contribution in [0.4, 0.5) is 0 Å². The number of benzene rings is 1. The van der Waals surface area contributed by atoms with Crippen LogP contribution < -0.4 is 5.32 Å². The van der Waals surface area contributed by atoms with Crippen LogP contribution in [0.3, 0.4) is 0 Å². The van der Waals surface area contributed by atoms with E-state index in [1.807, 2.05) is 30.3 Å². The molecule has 1 rings (SSSR count). The van der Waals surface area contributed by atoms with Crippen LogP contribution >= 0.6 is 23.4 Å². The number of hydrogen-bond acceptors (Lipinski definition) is 3. The summed E-state index contributed by atoms with van der Waals surface area (Å²) in [5.74, 6) is 0.464. The van der Waals surface area contributed by atoms with Gasteiger partial charge in [-0.25, -0.2) is 0 Å². The number of thioether (sulfide) groups is 1. The SMILES string of the molecule is COCC(Cl)CCNC(=O)CSc1ccccc1. The van der Waals surface area contributed by atoms with Gasteiger partial charge in [-0.1, -0.05) is 18.2 Å². The van der Waals surface area contributed by atoms with Crippen LogP contribution in [0.25, 0.3) is 0 Å². The molecule has 1 aromatic rings. The number of carbonyl (C=O) groups excluding carboxylic acids is 1. The number of nitrogens with one attached hydrogen (secondary N) is 1. The van der Waals surface area contributed by atoms with Crippen molar-refractivity contribution in [1.82, 2.24) is 5.32 Å². The first kappa shape index (κ1) is 15.3. The Balaban J connectivity index is 2.11. The molecule has 0 radical (unpaired) electrons. The maximum absolute atomic E-state index is 11.5. The normalized spacial score (nSPS) is 12.1. The van der Waals surface area contributed by atoms with E-state index in [0.717, 1.165) is 11.3 Å². The van der Waals surface area contributed by atoms with Crippen LogP contribution in [-0.4, -0.2) is 37.3 Å². The highest BCUT2D eigenvalue weighted by molar-refractivity contribution is 8.00. The van der Waals surface area contributed by atoms with Crippen molar-refractivity contribution in [3.63, 3.8) is 0 Å². The van der Waals surface area contributed by atoms with Gasteiger partial charge >= 0.3 is 0 Å². The number of alkyl halides is 1. The molecule has 0 aliphatic carbocycles. The molecule has 0 aliphatic rings. The Labute approximate surface area is 117 Å². The quantitative estimate of drug-likeness (QED) is 0.590. The summed E-state index contributed by atoms with van der Waals surface area (Å²) in [5, 5.41) is 2.80. The van der Waals surface area contributed by atoms with E-state index in [9.17, 15) is 4.79 Å². The summed E-state index contributed by atoms with van der Waals surface area (Å²) in [6.07, 6.45) is 0.719. The van der Waals surface area contributed by atoms with Crippen molar-refractivity contribution in [3.05, 3.63) is 30.3 Å². The Morgan fingerprint density at radius 2 is 2.17 bits per heavy atom. The predicted octanol–water partition coefficient (Wildman–Crippen LogP) is 2.54. The molecule has 100 valence electrons. The molecule has 0 saturated carbocycles. The fourth-order valence-corrected chi connectivity index (χ4v) is 2.33. The summed E-state index contributed by atoms with van der Waals surface area (Å²) >= 11 is 7.48. The summed E-state index contributed by atoms with van der Waals surface area (Å²) in [7, 11) is 1.62. The molecule has 5 heteroatoms. The molecule has 1 amide bonds. The fourth-order valence-electron chi connectivity index (χ4n) is 1.35. The molecule has 1 N–H and O–H groups in total. The Kier molecular flexibility index (Phi) is 7.89. The predicted molar refractivity (Wildman–Crippen MR) is 76.3 cm³/mol. The number of rotatable bonds is 8. The molecule has 0 bridgehead atoms. The van der Waals surface area contributed by atoms with Crippen LogP contribution in [-0.2, 0) is 9.53 Å². The Morgan fingerprint density at radius 3 is 2.83 bits per heavy atom. The van der Waals surface area contributed by atoms with Gasteiger partial charge in [0.15, 0.2) is 0 Å². The zero-order chi connectivity index (χ0) is 13.2. The molecule has 1 unspecified atom stereocenters. The van der Waals surface area contributed by atoms with Crippen molar-refractivity contribution < 1.29 is 9.53 Å². The Morgan fingerprint density at radius 1 is 1.44 bits per heavy atom. The van der Waals surface area contributed by atoms with Gasteiger partial charge in [0.1, 0.15) is 0 Å². The maximum atomic E-state index is 11.5. The van der Waals surface area contributed by atoms with E-state index in [1.54, 1.807) is 7.11 Å². The lowest BCUT2D eigenvalue weighted by atomic mass is 10.3. The van der Waals surface area contributed by atoms with Crippen molar-refractivity contribution >= 4 is 29.3 Å². The van der Waals surface area contributed by atoms with Gasteiger partial charge in [-0.05, 0) is 18.6 Å². The lowest BCUT2D eigenvalue weighted by Gasteiger charge is -2.09. The summed E-state index contributed by atoms with van der Waals surface area (Å²) in [6, 6.07) is 9.86. The number of carbonyl (C=O) groups is 1. The first-order valence-corrected chi connectivity index (χ1v) is 7.22. The van der Waals surface area contributed by atoms with Gasteiger partial charge in [-0.3, -0.25) is 4.79 Å². The van der Waals surface area contributed by atoms with Crippen molar-refractivity contribution in [3.8, 4) is 0 Å². The van der Waals surface area contributed by atoms with Gasteiger partial charge in [0, 0.05) is 18.6 Å². The number of hydrogen-bond donors (Lipinski definition) is 1. The molecule has 18 heavy (non-hydrogen) atoms. The number of halogens is 1. The summed E-state index contributed by atoms with van der Waals surface area (Å²) in [5.41, 5.74) is 0. The minimum Gasteiger partial charge on any atom is -0.383 e. The maximum Gasteiger partial charge on any atom is 0.230 e. The number of amides is 1. The van der Waals surface area contributed by atoms with Crippen molar-refractivity contribution in [2.45, 2.75) is 16.7 Å². The molecule has 0 heterocycles. The highest BCUT2D eigenvalue weighted by Gasteiger charge is 2.06. The minimum atomic E-state index is -0.0444. The van der Waals surface area contributed by atoms with Gasteiger partial charge in [0.05, 0.1) is 17.7 Å². The van der Waals surface area contributed by atoms with Gasteiger partial charge in [-0.15, -0.1) is 23.4 Å². The average Bonchev–Trinajstić information content (AvgIpc) is 2.38. The molecule has 1 aromatic carbocycles. The van der Waals surface area contributed by atoms with E-state index in [2.05, 4.69) is 5.32 Å². The lowest BCUT2D eigenvalue weighted by molar-refractivity contribution is -0.118. The standard InChI is InChI=1S/C13H18ClNO2S/c1-17-9-11(14)7-8-15-13(16)10-18-12-5-3-2-4-6-12/h2-6,11H,7-10H2,1H3,(H,15,16). The van der Waals surface area contributed by atoms with E-state index < -0.39 is 0 Å². The average molecular weight is 288 g/mol. The first-order valence-electron chi connectivity index (χ1n) is 5.80. The van der Waals surface area contributed by atoms with Crippen LogP contribution in [0.15, 0.2) is 35.2 Å². The second-order valence-electron chi connectivity index (χ2n) is 3.79. The highest BCUT2D eigenvalue weighted by Crippen LogP contribution is 2.16. The second-order valence-corrected chi connectivity index (χ2v) is 5.46. The third kappa shape index (κ3) is 6.89. The van der Waals surface area contributed by atoms with Gasteiger partial charge < -0.3 is 10.1 Å². The zero-order valence-electron chi connectivity index (χ0n) is 10.4. The van der Waals surface area contributed by atoms with E-state index >= 15 is 0 Å². The zero-order valence-corrected chi connectivity index (χ0v) is 12.0. The smallest absolute Gasteiger partial charge is 0.230 e. The summed E-state index contributed by atoms with van der Waals surface area (Å²) in [4.78, 5) is 12.6. The summed E-state index contributed by atoms with van der Waals surface area (Å²) in [6.45, 7) is 1.10. The number of ether oxygens (including phenoxy) is 1. The Hall–Kier alpha value is -0.710. The molecule has 0 aromatic heterocycles. The molecular weight excluding hydrogens is 270 g/mol. The van der Waals surface area contributed by atoms with Crippen molar-refractivity contribution in [2.24, 2.45) is 0 Å². The molecule has 0 aliphatic heterocycles. The van der Waals surface area contributed by atoms with Crippen LogP contribution in [0, 0.1) is 0 Å². The van der Waals surface area contributed by atoms with Gasteiger partial charge in [0.25, 0.3) is 0 Å².